The molecule has 0 aliphatic carbocycles. The summed E-state index contributed by atoms with van der Waals surface area (Å²) in [7, 11) is 1.24. The van der Waals surface area contributed by atoms with Crippen LogP contribution < -0.4 is 9.47 Å². The number of nitrogens with zero attached hydrogens (tertiary/aromatic N) is 1. The van der Waals surface area contributed by atoms with E-state index in [0.29, 0.717) is 6.29 Å². The number of carbonyl (C=O) groups excluding carboxylic acids is 1. The highest BCUT2D eigenvalue weighted by molar-refractivity contribution is 5.83. The van der Waals surface area contributed by atoms with Crippen molar-refractivity contribution in [1.29, 1.82) is 0 Å². The predicted molar refractivity (Wildman–Crippen MR) is 67.4 cm³/mol. The van der Waals surface area contributed by atoms with Gasteiger partial charge in [-0.2, -0.15) is 0 Å². The molecule has 1 N–H and O–H groups in total. The first-order valence-corrected chi connectivity index (χ1v) is 5.65. The molecule has 1 atom stereocenters. The fourth-order valence-corrected chi connectivity index (χ4v) is 1.53. The summed E-state index contributed by atoms with van der Waals surface area (Å²) in [6, 6.07) is 2.07. The SMILES string of the molecule is CCC(Oc1c(C=O)cc([N+](=O)[O-])cc1OC)C(=O)O. The monoisotopic (exact) mass is 283 g/mol. The summed E-state index contributed by atoms with van der Waals surface area (Å²) in [4.78, 5) is 32.0. The van der Waals surface area contributed by atoms with Crippen LogP contribution in [-0.2, 0) is 4.79 Å². The van der Waals surface area contributed by atoms with Gasteiger partial charge in [-0.15, -0.1) is 0 Å². The van der Waals surface area contributed by atoms with Crippen molar-refractivity contribution in [2.45, 2.75) is 19.4 Å². The highest BCUT2D eigenvalue weighted by Crippen LogP contribution is 2.35. The molecule has 0 aromatic heterocycles. The second kappa shape index (κ2) is 6.50. The number of carboxylic acids is 1. The predicted octanol–water partition coefficient (Wildman–Crippen LogP) is 1.66. The molecule has 0 fully saturated rings. The summed E-state index contributed by atoms with van der Waals surface area (Å²) in [5.74, 6) is -1.40. The van der Waals surface area contributed by atoms with Crippen LogP contribution in [0, 0.1) is 10.1 Å². The first-order chi connectivity index (χ1) is 9.44. The normalized spacial score (nSPS) is 11.5. The molecule has 0 aliphatic rings. The van der Waals surface area contributed by atoms with Crippen LogP contribution in [0.5, 0.6) is 11.5 Å². The van der Waals surface area contributed by atoms with E-state index in [-0.39, 0.29) is 29.2 Å². The highest BCUT2D eigenvalue weighted by atomic mass is 16.6. The number of hydrogen-bond acceptors (Lipinski definition) is 6. The molecule has 0 aliphatic heterocycles. The number of rotatable bonds is 7. The number of carboxylic acid groups (broad SMARTS) is 1. The summed E-state index contributed by atoms with van der Waals surface area (Å²) in [6.07, 6.45) is -0.670. The van der Waals surface area contributed by atoms with Crippen molar-refractivity contribution in [1.82, 2.24) is 0 Å². The molecule has 0 bridgehead atoms. The summed E-state index contributed by atoms with van der Waals surface area (Å²) >= 11 is 0. The number of non-ortho nitro benzene ring substituents is 1. The number of methoxy groups -OCH3 is 1. The van der Waals surface area contributed by atoms with Gasteiger partial charge in [0.1, 0.15) is 0 Å². The number of ether oxygens (including phenoxy) is 2. The van der Waals surface area contributed by atoms with Gasteiger partial charge in [-0.25, -0.2) is 4.79 Å². The second-order valence-corrected chi connectivity index (χ2v) is 3.79. The Bertz CT molecular complexity index is 541. The van der Waals surface area contributed by atoms with Crippen LogP contribution in [0.2, 0.25) is 0 Å². The zero-order chi connectivity index (χ0) is 15.3. The maximum atomic E-state index is 11.0. The molecule has 0 spiro atoms. The number of nitro groups is 1. The Morgan fingerprint density at radius 3 is 2.60 bits per heavy atom. The molecule has 108 valence electrons. The molecule has 8 nitrogen and oxygen atoms in total. The van der Waals surface area contributed by atoms with E-state index in [4.69, 9.17) is 14.6 Å². The van der Waals surface area contributed by atoms with Gasteiger partial charge in [-0.1, -0.05) is 6.92 Å². The molecule has 1 aromatic carbocycles. The van der Waals surface area contributed by atoms with Crippen LogP contribution in [0.15, 0.2) is 12.1 Å². The number of aldehydes is 1. The molecule has 8 heteroatoms. The van der Waals surface area contributed by atoms with Gasteiger partial charge < -0.3 is 14.6 Å². The van der Waals surface area contributed by atoms with Gasteiger partial charge in [-0.05, 0) is 6.42 Å². The Balaban J connectivity index is 3.33. The van der Waals surface area contributed by atoms with E-state index in [1.54, 1.807) is 6.92 Å². The quantitative estimate of drug-likeness (QED) is 0.459. The summed E-state index contributed by atoms with van der Waals surface area (Å²) < 4.78 is 10.1. The van der Waals surface area contributed by atoms with E-state index in [9.17, 15) is 19.7 Å². The van der Waals surface area contributed by atoms with Crippen LogP contribution in [0.3, 0.4) is 0 Å². The largest absolute Gasteiger partial charge is 0.493 e. The van der Waals surface area contributed by atoms with Gasteiger partial charge in [0.2, 0.25) is 0 Å². The Kier molecular flexibility index (Phi) is 5.01. The van der Waals surface area contributed by atoms with Gasteiger partial charge in [-0.3, -0.25) is 14.9 Å². The van der Waals surface area contributed by atoms with Crippen molar-refractivity contribution in [3.63, 3.8) is 0 Å². The van der Waals surface area contributed by atoms with Crippen LogP contribution in [0.1, 0.15) is 23.7 Å². The van der Waals surface area contributed by atoms with E-state index in [0.717, 1.165) is 12.1 Å². The van der Waals surface area contributed by atoms with E-state index < -0.39 is 17.0 Å². The molecule has 0 heterocycles. The maximum absolute atomic E-state index is 11.0. The minimum atomic E-state index is -1.20. The molecule has 0 saturated heterocycles. The molecule has 20 heavy (non-hydrogen) atoms. The number of aliphatic carboxylic acids is 1. The van der Waals surface area contributed by atoms with Crippen molar-refractivity contribution in [3.05, 3.63) is 27.8 Å². The van der Waals surface area contributed by atoms with Crippen molar-refractivity contribution < 1.29 is 29.1 Å². The van der Waals surface area contributed by atoms with Gasteiger partial charge in [0.25, 0.3) is 5.69 Å². The van der Waals surface area contributed by atoms with E-state index in [1.807, 2.05) is 0 Å². The van der Waals surface area contributed by atoms with Crippen LogP contribution in [0.25, 0.3) is 0 Å². The third kappa shape index (κ3) is 3.22. The Hall–Kier alpha value is -2.64. The lowest BCUT2D eigenvalue weighted by Gasteiger charge is -2.17. The smallest absolute Gasteiger partial charge is 0.344 e. The zero-order valence-electron chi connectivity index (χ0n) is 10.9. The number of nitro benzene ring substituents is 1. The molecule has 0 saturated carbocycles. The molecule has 1 unspecified atom stereocenters. The van der Waals surface area contributed by atoms with E-state index in [1.165, 1.54) is 7.11 Å². The average molecular weight is 283 g/mol. The highest BCUT2D eigenvalue weighted by Gasteiger charge is 2.24. The van der Waals surface area contributed by atoms with Crippen LogP contribution in [-0.4, -0.2) is 35.5 Å². The van der Waals surface area contributed by atoms with Gasteiger partial charge >= 0.3 is 5.97 Å². The Labute approximate surface area is 114 Å². The zero-order valence-corrected chi connectivity index (χ0v) is 10.9. The van der Waals surface area contributed by atoms with E-state index >= 15 is 0 Å². The lowest BCUT2D eigenvalue weighted by Crippen LogP contribution is -2.26. The summed E-state index contributed by atoms with van der Waals surface area (Å²) in [5.41, 5.74) is -0.490. The van der Waals surface area contributed by atoms with Gasteiger partial charge in [0.15, 0.2) is 23.9 Å². The minimum Gasteiger partial charge on any atom is -0.493 e. The van der Waals surface area contributed by atoms with Gasteiger partial charge in [0.05, 0.1) is 23.7 Å². The first kappa shape index (κ1) is 15.4. The third-order valence-corrected chi connectivity index (χ3v) is 2.53. The van der Waals surface area contributed by atoms with Crippen molar-refractivity contribution in [2.24, 2.45) is 0 Å². The molecule has 1 aromatic rings. The second-order valence-electron chi connectivity index (χ2n) is 3.79. The number of carbonyl (C=O) groups is 2. The van der Waals surface area contributed by atoms with Gasteiger partial charge in [0, 0.05) is 6.07 Å². The average Bonchev–Trinajstić information content (AvgIpc) is 2.43. The first-order valence-electron chi connectivity index (χ1n) is 5.65. The fraction of sp³-hybridized carbons (Fsp3) is 0.333. The summed E-state index contributed by atoms with van der Waals surface area (Å²) in [5, 5.41) is 19.7. The van der Waals surface area contributed by atoms with E-state index in [2.05, 4.69) is 0 Å². The minimum absolute atomic E-state index is 0.0685. The fourth-order valence-electron chi connectivity index (χ4n) is 1.53. The maximum Gasteiger partial charge on any atom is 0.344 e. The topological polar surface area (TPSA) is 116 Å². The lowest BCUT2D eigenvalue weighted by atomic mass is 10.1. The summed E-state index contributed by atoms with van der Waals surface area (Å²) in [6.45, 7) is 1.59. The number of benzene rings is 1. The van der Waals surface area contributed by atoms with Crippen LogP contribution >= 0.6 is 0 Å². The molecule has 1 rings (SSSR count). The standard InChI is InChI=1S/C12H13NO7/c1-3-9(12(15)16)20-11-7(6-14)4-8(13(17)18)5-10(11)19-2/h4-6,9H,3H2,1-2H3,(H,15,16). The molecule has 0 radical (unpaired) electrons. The Morgan fingerprint density at radius 2 is 2.20 bits per heavy atom. The number of hydrogen-bond donors (Lipinski definition) is 1. The van der Waals surface area contributed by atoms with Crippen molar-refractivity contribution in [2.75, 3.05) is 7.11 Å². The lowest BCUT2D eigenvalue weighted by molar-refractivity contribution is -0.385. The molecule has 0 amide bonds. The van der Waals surface area contributed by atoms with Crippen molar-refractivity contribution in [3.8, 4) is 11.5 Å². The molecular formula is C12H13NO7. The van der Waals surface area contributed by atoms with Crippen molar-refractivity contribution >= 4 is 17.9 Å². The van der Waals surface area contributed by atoms with Crippen LogP contribution in [0.4, 0.5) is 5.69 Å². The third-order valence-electron chi connectivity index (χ3n) is 2.53. The molecular weight excluding hydrogens is 270 g/mol. The Morgan fingerprint density at radius 1 is 1.55 bits per heavy atom.